The third-order valence-corrected chi connectivity index (χ3v) is 7.21. The molecule has 168 valence electrons. The van der Waals surface area contributed by atoms with Crippen molar-refractivity contribution in [3.05, 3.63) is 93.2 Å². The highest BCUT2D eigenvalue weighted by atomic mass is 35.5. The largest absolute Gasteiger partial charge is 0.325 e. The summed E-state index contributed by atoms with van der Waals surface area (Å²) in [5, 5.41) is 3.27. The number of sulfonamides is 1. The van der Waals surface area contributed by atoms with E-state index in [1.807, 2.05) is 6.92 Å². The fourth-order valence-corrected chi connectivity index (χ4v) is 4.85. The molecule has 3 aromatic rings. The molecule has 0 unspecified atom stereocenters. The van der Waals surface area contributed by atoms with Crippen LogP contribution in [0.4, 0.5) is 10.1 Å². The van der Waals surface area contributed by atoms with Gasteiger partial charge in [0.25, 0.3) is 0 Å². The highest BCUT2D eigenvalue weighted by Crippen LogP contribution is 2.26. The third-order valence-electron chi connectivity index (χ3n) is 4.81. The van der Waals surface area contributed by atoms with Crippen molar-refractivity contribution in [3.8, 4) is 0 Å². The van der Waals surface area contributed by atoms with Crippen molar-refractivity contribution in [2.24, 2.45) is 0 Å². The highest BCUT2D eigenvalue weighted by molar-refractivity contribution is 7.89. The van der Waals surface area contributed by atoms with E-state index in [0.717, 1.165) is 9.87 Å². The van der Waals surface area contributed by atoms with Crippen molar-refractivity contribution in [2.75, 3.05) is 11.9 Å². The van der Waals surface area contributed by atoms with Gasteiger partial charge in [-0.2, -0.15) is 4.31 Å². The van der Waals surface area contributed by atoms with E-state index in [0.29, 0.717) is 16.1 Å². The van der Waals surface area contributed by atoms with Crippen LogP contribution >= 0.6 is 23.2 Å². The Morgan fingerprint density at radius 3 is 2.34 bits per heavy atom. The van der Waals surface area contributed by atoms with E-state index in [1.54, 1.807) is 31.2 Å². The number of benzene rings is 3. The molecule has 0 bridgehead atoms. The molecular weight excluding hydrogens is 474 g/mol. The van der Waals surface area contributed by atoms with Crippen molar-refractivity contribution >= 4 is 44.8 Å². The smallest absolute Gasteiger partial charge is 0.243 e. The molecule has 32 heavy (non-hydrogen) atoms. The molecule has 0 aromatic heterocycles. The van der Waals surface area contributed by atoms with E-state index >= 15 is 0 Å². The first-order chi connectivity index (χ1) is 15.1. The molecule has 0 fully saturated rings. The fourth-order valence-electron chi connectivity index (χ4n) is 3.00. The summed E-state index contributed by atoms with van der Waals surface area (Å²) in [7, 11) is -4.04. The number of nitrogens with one attached hydrogen (secondary N) is 1. The normalized spacial score (nSPS) is 11.6. The minimum Gasteiger partial charge on any atom is -0.325 e. The van der Waals surface area contributed by atoms with Crippen LogP contribution in [0.3, 0.4) is 0 Å². The summed E-state index contributed by atoms with van der Waals surface area (Å²) >= 11 is 12.2. The first kappa shape index (κ1) is 24.2. The number of carbonyl (C=O) groups is 1. The summed E-state index contributed by atoms with van der Waals surface area (Å²) in [6.07, 6.45) is 0. The van der Waals surface area contributed by atoms with Gasteiger partial charge in [-0.1, -0.05) is 53.0 Å². The molecule has 0 aliphatic heterocycles. The van der Waals surface area contributed by atoms with Gasteiger partial charge < -0.3 is 5.32 Å². The Balaban J connectivity index is 1.93. The van der Waals surface area contributed by atoms with Crippen LogP contribution in [0.25, 0.3) is 0 Å². The molecule has 0 atom stereocenters. The number of halogens is 3. The Hall–Kier alpha value is -2.45. The summed E-state index contributed by atoms with van der Waals surface area (Å²) in [4.78, 5) is 12.8. The van der Waals surface area contributed by atoms with Crippen LogP contribution in [0.5, 0.6) is 0 Å². The Labute approximate surface area is 196 Å². The molecule has 9 heteroatoms. The van der Waals surface area contributed by atoms with E-state index in [1.165, 1.54) is 36.4 Å². The maximum atomic E-state index is 13.6. The summed E-state index contributed by atoms with van der Waals surface area (Å²) in [5.74, 6) is -1.12. The van der Waals surface area contributed by atoms with E-state index in [4.69, 9.17) is 23.2 Å². The predicted octanol–water partition coefficient (Wildman–Crippen LogP) is 5.58. The highest BCUT2D eigenvalue weighted by Gasteiger charge is 2.28. The van der Waals surface area contributed by atoms with Crippen LogP contribution in [0.15, 0.2) is 65.6 Å². The molecule has 5 nitrogen and oxygen atoms in total. The van der Waals surface area contributed by atoms with Gasteiger partial charge in [0.2, 0.25) is 15.9 Å². The zero-order valence-electron chi connectivity index (χ0n) is 17.4. The first-order valence-electron chi connectivity index (χ1n) is 9.63. The van der Waals surface area contributed by atoms with Gasteiger partial charge in [0, 0.05) is 22.3 Å². The Kier molecular flexibility index (Phi) is 7.56. The molecule has 0 aliphatic rings. The van der Waals surface area contributed by atoms with Crippen molar-refractivity contribution < 1.29 is 17.6 Å². The SMILES string of the molecule is Cc1ccc(S(=O)(=O)N(CC(=O)Nc2cc(F)ccc2C)Cc2ccc(Cl)cc2Cl)cc1. The monoisotopic (exact) mass is 494 g/mol. The Morgan fingerprint density at radius 2 is 1.69 bits per heavy atom. The van der Waals surface area contributed by atoms with E-state index in [-0.39, 0.29) is 22.2 Å². The van der Waals surface area contributed by atoms with Crippen molar-refractivity contribution in [2.45, 2.75) is 25.3 Å². The molecule has 1 amide bonds. The van der Waals surface area contributed by atoms with Crippen LogP contribution in [0.1, 0.15) is 16.7 Å². The zero-order valence-corrected chi connectivity index (χ0v) is 19.7. The first-order valence-corrected chi connectivity index (χ1v) is 11.8. The van der Waals surface area contributed by atoms with Gasteiger partial charge in [0.15, 0.2) is 0 Å². The molecule has 0 spiro atoms. The molecule has 0 aliphatic carbocycles. The van der Waals surface area contributed by atoms with Crippen molar-refractivity contribution in [1.82, 2.24) is 4.31 Å². The lowest BCUT2D eigenvalue weighted by Gasteiger charge is -2.23. The second kappa shape index (κ2) is 10.0. The molecule has 3 aromatic carbocycles. The van der Waals surface area contributed by atoms with Gasteiger partial charge in [-0.25, -0.2) is 12.8 Å². The summed E-state index contributed by atoms with van der Waals surface area (Å²) in [6.45, 7) is 2.91. The second-order valence-electron chi connectivity index (χ2n) is 7.33. The zero-order chi connectivity index (χ0) is 23.5. The molecule has 0 radical (unpaired) electrons. The van der Waals surface area contributed by atoms with Crippen LogP contribution < -0.4 is 5.32 Å². The molecule has 1 N–H and O–H groups in total. The summed E-state index contributed by atoms with van der Waals surface area (Å²) < 4.78 is 41.3. The number of amides is 1. The van der Waals surface area contributed by atoms with Crippen molar-refractivity contribution in [1.29, 1.82) is 0 Å². The van der Waals surface area contributed by atoms with Crippen LogP contribution in [0.2, 0.25) is 10.0 Å². The van der Waals surface area contributed by atoms with Gasteiger partial charge in [-0.15, -0.1) is 0 Å². The average Bonchev–Trinajstić information content (AvgIpc) is 2.72. The minimum absolute atomic E-state index is 0.0444. The molecular formula is C23H21Cl2FN2O3S. The topological polar surface area (TPSA) is 66.5 Å². The van der Waals surface area contributed by atoms with E-state index in [9.17, 15) is 17.6 Å². The molecule has 0 saturated carbocycles. The summed E-state index contributed by atoms with van der Waals surface area (Å²) in [6, 6.07) is 15.0. The van der Waals surface area contributed by atoms with E-state index < -0.39 is 28.3 Å². The van der Waals surface area contributed by atoms with Gasteiger partial charge in [0.05, 0.1) is 11.4 Å². The standard InChI is InChI=1S/C23H21Cl2FN2O3S/c1-15-3-9-20(10-4-15)32(30,31)28(13-17-6-7-18(24)11-21(17)25)14-23(29)27-22-12-19(26)8-5-16(22)2/h3-12H,13-14H2,1-2H3,(H,27,29). The van der Waals surface area contributed by atoms with E-state index in [2.05, 4.69) is 5.32 Å². The Bertz CT molecular complexity index is 1250. The number of rotatable bonds is 7. The number of nitrogens with zero attached hydrogens (tertiary/aromatic N) is 1. The average molecular weight is 495 g/mol. The van der Waals surface area contributed by atoms with Gasteiger partial charge in [-0.05, 0) is 61.4 Å². The van der Waals surface area contributed by atoms with Gasteiger partial charge in [-0.3, -0.25) is 4.79 Å². The van der Waals surface area contributed by atoms with Gasteiger partial charge in [0.1, 0.15) is 5.82 Å². The number of hydrogen-bond donors (Lipinski definition) is 1. The van der Waals surface area contributed by atoms with Crippen LogP contribution in [-0.4, -0.2) is 25.2 Å². The predicted molar refractivity (Wildman–Crippen MR) is 125 cm³/mol. The van der Waals surface area contributed by atoms with Gasteiger partial charge >= 0.3 is 0 Å². The Morgan fingerprint density at radius 1 is 1.00 bits per heavy atom. The summed E-state index contributed by atoms with van der Waals surface area (Å²) in [5.41, 5.74) is 2.30. The third kappa shape index (κ3) is 5.86. The van der Waals surface area contributed by atoms with Crippen LogP contribution in [0, 0.1) is 19.7 Å². The lowest BCUT2D eigenvalue weighted by atomic mass is 10.2. The van der Waals surface area contributed by atoms with Crippen LogP contribution in [-0.2, 0) is 21.4 Å². The number of aryl methyl sites for hydroxylation is 2. The molecule has 3 rings (SSSR count). The maximum absolute atomic E-state index is 13.6. The lowest BCUT2D eigenvalue weighted by molar-refractivity contribution is -0.116. The molecule has 0 saturated heterocycles. The number of anilines is 1. The fraction of sp³-hybridized carbons (Fsp3) is 0.174. The van der Waals surface area contributed by atoms with Crippen molar-refractivity contribution in [3.63, 3.8) is 0 Å². The molecule has 0 heterocycles. The number of hydrogen-bond acceptors (Lipinski definition) is 3. The maximum Gasteiger partial charge on any atom is 0.243 e. The number of carbonyl (C=O) groups excluding carboxylic acids is 1. The quantitative estimate of drug-likeness (QED) is 0.466. The lowest BCUT2D eigenvalue weighted by Crippen LogP contribution is -2.37. The minimum atomic E-state index is -4.04. The second-order valence-corrected chi connectivity index (χ2v) is 10.1.